The number of imidazole rings is 1. The van der Waals surface area contributed by atoms with Gasteiger partial charge in [0, 0.05) is 42.8 Å². The van der Waals surface area contributed by atoms with Crippen LogP contribution in [-0.4, -0.2) is 55.8 Å². The number of hydrogen-bond donors (Lipinski definition) is 0. The molecule has 3 heterocycles. The minimum Gasteiger partial charge on any atom is -0.338 e. The van der Waals surface area contributed by atoms with Gasteiger partial charge in [-0.3, -0.25) is 9.59 Å². The van der Waals surface area contributed by atoms with Crippen molar-refractivity contribution in [2.45, 2.75) is 51.1 Å². The largest absolute Gasteiger partial charge is 0.338 e. The number of likely N-dealkylation sites (tertiary alicyclic amines) is 2. The number of aromatic nitrogens is 2. The number of carbonyl (C=O) groups is 2. The van der Waals surface area contributed by atoms with E-state index in [-0.39, 0.29) is 17.9 Å². The Balaban J connectivity index is 1.60. The van der Waals surface area contributed by atoms with Gasteiger partial charge < -0.3 is 14.4 Å². The van der Waals surface area contributed by atoms with E-state index in [9.17, 15) is 9.59 Å². The Hall–Kier alpha value is -2.63. The molecular formula is C21H26N4O2. The fourth-order valence-electron chi connectivity index (χ4n) is 4.51. The zero-order chi connectivity index (χ0) is 19.0. The van der Waals surface area contributed by atoms with Crippen LogP contribution in [0.3, 0.4) is 0 Å². The van der Waals surface area contributed by atoms with Crippen molar-refractivity contribution in [1.29, 1.82) is 0 Å². The van der Waals surface area contributed by atoms with E-state index in [0.717, 1.165) is 37.9 Å². The topological polar surface area (TPSA) is 58.4 Å². The van der Waals surface area contributed by atoms with Crippen LogP contribution in [0, 0.1) is 0 Å². The van der Waals surface area contributed by atoms with Crippen LogP contribution in [0.2, 0.25) is 0 Å². The van der Waals surface area contributed by atoms with Gasteiger partial charge in [0.05, 0.1) is 6.33 Å². The Morgan fingerprint density at radius 2 is 1.81 bits per heavy atom. The van der Waals surface area contributed by atoms with Crippen molar-refractivity contribution in [1.82, 2.24) is 19.4 Å². The van der Waals surface area contributed by atoms with Gasteiger partial charge in [-0.15, -0.1) is 0 Å². The lowest BCUT2D eigenvalue weighted by molar-refractivity contribution is -0.147. The van der Waals surface area contributed by atoms with Gasteiger partial charge in [-0.1, -0.05) is 0 Å². The number of hydrogen-bond acceptors (Lipinski definition) is 3. The summed E-state index contributed by atoms with van der Waals surface area (Å²) >= 11 is 0. The first-order valence-corrected chi connectivity index (χ1v) is 9.74. The third kappa shape index (κ3) is 2.93. The van der Waals surface area contributed by atoms with Gasteiger partial charge in [0.2, 0.25) is 5.91 Å². The minimum absolute atomic E-state index is 0.0383. The van der Waals surface area contributed by atoms with Gasteiger partial charge in [0.25, 0.3) is 5.91 Å². The lowest BCUT2D eigenvalue weighted by atomic mass is 9.84. The van der Waals surface area contributed by atoms with Gasteiger partial charge in [-0.25, -0.2) is 4.98 Å². The molecule has 1 aromatic heterocycles. The molecule has 0 aliphatic carbocycles. The van der Waals surface area contributed by atoms with E-state index in [1.165, 1.54) is 0 Å². The zero-order valence-corrected chi connectivity index (χ0v) is 16.0. The summed E-state index contributed by atoms with van der Waals surface area (Å²) in [7, 11) is 0. The van der Waals surface area contributed by atoms with Crippen LogP contribution in [0.1, 0.15) is 49.9 Å². The number of benzene rings is 1. The molecule has 27 heavy (non-hydrogen) atoms. The van der Waals surface area contributed by atoms with Crippen LogP contribution >= 0.6 is 0 Å². The lowest BCUT2D eigenvalue weighted by Crippen LogP contribution is -2.62. The predicted molar refractivity (Wildman–Crippen MR) is 103 cm³/mol. The number of nitrogens with zero attached hydrogens (tertiary/aromatic N) is 4. The molecule has 0 bridgehead atoms. The molecule has 1 atom stereocenters. The van der Waals surface area contributed by atoms with Gasteiger partial charge in [-0.2, -0.15) is 0 Å². The molecule has 6 heteroatoms. The second-order valence-electron chi connectivity index (χ2n) is 7.80. The molecule has 1 aromatic carbocycles. The number of amides is 2. The Labute approximate surface area is 159 Å². The highest BCUT2D eigenvalue weighted by Crippen LogP contribution is 2.39. The van der Waals surface area contributed by atoms with Gasteiger partial charge in [-0.05, 0) is 63.8 Å². The summed E-state index contributed by atoms with van der Waals surface area (Å²) in [6, 6.07) is 7.69. The van der Waals surface area contributed by atoms with E-state index in [1.807, 2.05) is 58.7 Å². The summed E-state index contributed by atoms with van der Waals surface area (Å²) in [5.74, 6) is 0.0910. The molecule has 2 fully saturated rings. The van der Waals surface area contributed by atoms with Gasteiger partial charge in [0.1, 0.15) is 5.54 Å². The Kier molecular flexibility index (Phi) is 4.50. The highest BCUT2D eigenvalue weighted by atomic mass is 16.2. The lowest BCUT2D eigenvalue weighted by Gasteiger charge is -2.46. The second-order valence-corrected chi connectivity index (χ2v) is 7.80. The van der Waals surface area contributed by atoms with E-state index in [0.29, 0.717) is 12.1 Å². The highest BCUT2D eigenvalue weighted by Gasteiger charge is 2.53. The zero-order valence-electron chi connectivity index (χ0n) is 16.0. The SMILES string of the molecule is CC(C)N1CCCC2(CCCN2C(=O)c2ccc(-n3ccnc3)cc2)C1=O. The normalized spacial score (nSPS) is 22.9. The number of piperidine rings is 1. The smallest absolute Gasteiger partial charge is 0.254 e. The fraction of sp³-hybridized carbons (Fsp3) is 0.476. The highest BCUT2D eigenvalue weighted by molar-refractivity contribution is 6.00. The molecule has 2 amide bonds. The van der Waals surface area contributed by atoms with Crippen LogP contribution < -0.4 is 0 Å². The van der Waals surface area contributed by atoms with Crippen molar-refractivity contribution in [2.75, 3.05) is 13.1 Å². The molecule has 2 aliphatic rings. The maximum absolute atomic E-state index is 13.3. The van der Waals surface area contributed by atoms with Crippen molar-refractivity contribution in [2.24, 2.45) is 0 Å². The molecular weight excluding hydrogens is 340 g/mol. The van der Waals surface area contributed by atoms with Gasteiger partial charge in [0.15, 0.2) is 0 Å². The van der Waals surface area contributed by atoms with Crippen LogP contribution in [0.15, 0.2) is 43.0 Å². The van der Waals surface area contributed by atoms with E-state index in [4.69, 9.17) is 0 Å². The van der Waals surface area contributed by atoms with E-state index >= 15 is 0 Å². The van der Waals surface area contributed by atoms with Crippen molar-refractivity contribution >= 4 is 11.8 Å². The molecule has 0 saturated carbocycles. The number of rotatable bonds is 3. The standard InChI is InChI=1S/C21H26N4O2/c1-16(2)24-12-3-9-21(20(24)27)10-4-13-25(21)19(26)17-5-7-18(8-6-17)23-14-11-22-15-23/h5-8,11,14-16H,3-4,9-10,12-13H2,1-2H3. The van der Waals surface area contributed by atoms with E-state index in [1.54, 1.807) is 12.5 Å². The maximum Gasteiger partial charge on any atom is 0.254 e. The molecule has 1 unspecified atom stereocenters. The quantitative estimate of drug-likeness (QED) is 0.839. The maximum atomic E-state index is 13.3. The minimum atomic E-state index is -0.650. The molecule has 6 nitrogen and oxygen atoms in total. The summed E-state index contributed by atoms with van der Waals surface area (Å²) in [6.07, 6.45) is 8.70. The Bertz CT molecular complexity index is 828. The Morgan fingerprint density at radius 3 is 2.44 bits per heavy atom. The monoisotopic (exact) mass is 366 g/mol. The average molecular weight is 366 g/mol. The first-order chi connectivity index (χ1) is 13.0. The van der Waals surface area contributed by atoms with E-state index in [2.05, 4.69) is 4.98 Å². The first kappa shape index (κ1) is 17.8. The third-order valence-corrected chi connectivity index (χ3v) is 5.92. The average Bonchev–Trinajstić information content (AvgIpc) is 3.34. The Morgan fingerprint density at radius 1 is 1.11 bits per heavy atom. The third-order valence-electron chi connectivity index (χ3n) is 5.92. The molecule has 0 radical (unpaired) electrons. The number of carbonyl (C=O) groups excluding carboxylic acids is 2. The molecule has 1 spiro atoms. The summed E-state index contributed by atoms with van der Waals surface area (Å²) in [4.78, 5) is 34.4. The van der Waals surface area contributed by atoms with Crippen molar-refractivity contribution in [3.63, 3.8) is 0 Å². The molecule has 2 aliphatic heterocycles. The van der Waals surface area contributed by atoms with Crippen LogP contribution in [0.5, 0.6) is 0 Å². The van der Waals surface area contributed by atoms with Crippen LogP contribution in [0.4, 0.5) is 0 Å². The van der Waals surface area contributed by atoms with Gasteiger partial charge >= 0.3 is 0 Å². The molecule has 0 N–H and O–H groups in total. The summed E-state index contributed by atoms with van der Waals surface area (Å²) in [5.41, 5.74) is 0.942. The molecule has 2 aromatic rings. The molecule has 4 rings (SSSR count). The fourth-order valence-corrected chi connectivity index (χ4v) is 4.51. The molecule has 2 saturated heterocycles. The van der Waals surface area contributed by atoms with E-state index < -0.39 is 5.54 Å². The van der Waals surface area contributed by atoms with Crippen molar-refractivity contribution in [3.05, 3.63) is 48.5 Å². The first-order valence-electron chi connectivity index (χ1n) is 9.74. The molecule has 142 valence electrons. The van der Waals surface area contributed by atoms with Crippen molar-refractivity contribution in [3.8, 4) is 5.69 Å². The summed E-state index contributed by atoms with van der Waals surface area (Å²) in [5, 5.41) is 0. The summed E-state index contributed by atoms with van der Waals surface area (Å²) < 4.78 is 1.90. The van der Waals surface area contributed by atoms with Crippen molar-refractivity contribution < 1.29 is 9.59 Å². The van der Waals surface area contributed by atoms with Crippen LogP contribution in [-0.2, 0) is 4.79 Å². The van der Waals surface area contributed by atoms with Crippen LogP contribution in [0.25, 0.3) is 5.69 Å². The predicted octanol–water partition coefficient (Wildman–Crippen LogP) is 2.88. The second kappa shape index (κ2) is 6.83. The summed E-state index contributed by atoms with van der Waals surface area (Å²) in [6.45, 7) is 5.54.